The van der Waals surface area contributed by atoms with Gasteiger partial charge in [-0.05, 0) is 58.2 Å². The molecule has 0 heterocycles. The van der Waals surface area contributed by atoms with Crippen LogP contribution in [0.3, 0.4) is 0 Å². The number of nitrogens with two attached hydrogens (primary N) is 1. The van der Waals surface area contributed by atoms with Gasteiger partial charge in [-0.15, -0.1) is 0 Å². The lowest BCUT2D eigenvalue weighted by Crippen LogP contribution is -2.12. The molecule has 2 rings (SSSR count). The minimum absolute atomic E-state index is 0.0815. The molecule has 0 aliphatic rings. The minimum atomic E-state index is -3.68. The molecule has 0 bridgehead atoms. The maximum Gasteiger partial charge on any atom is 0.238 e. The lowest BCUT2D eigenvalue weighted by Gasteiger charge is -2.10. The molecule has 0 saturated heterocycles. The summed E-state index contributed by atoms with van der Waals surface area (Å²) in [4.78, 5) is 0.0815. The van der Waals surface area contributed by atoms with Crippen LogP contribution in [0, 0.1) is 6.92 Å². The zero-order chi connectivity index (χ0) is 15.6. The van der Waals surface area contributed by atoms with Gasteiger partial charge in [-0.25, -0.2) is 13.6 Å². The first-order valence-corrected chi connectivity index (χ1v) is 9.22. The minimum Gasteiger partial charge on any atom is -0.380 e. The first-order chi connectivity index (χ1) is 9.77. The monoisotopic (exact) mass is 432 g/mol. The summed E-state index contributed by atoms with van der Waals surface area (Å²) in [6, 6.07) is 10.8. The molecule has 21 heavy (non-hydrogen) atoms. The second-order valence-electron chi connectivity index (χ2n) is 4.62. The number of hydrogen-bond donors (Lipinski definition) is 2. The first kappa shape index (κ1) is 16.5. The molecule has 0 aromatic heterocycles. The maximum atomic E-state index is 11.3. The van der Waals surface area contributed by atoms with Crippen molar-refractivity contribution in [2.45, 2.75) is 18.4 Å². The third-order valence-electron chi connectivity index (χ3n) is 2.99. The van der Waals surface area contributed by atoms with E-state index in [1.165, 1.54) is 17.7 Å². The van der Waals surface area contributed by atoms with Crippen molar-refractivity contribution in [1.82, 2.24) is 0 Å². The summed E-state index contributed by atoms with van der Waals surface area (Å²) in [6.45, 7) is 2.66. The van der Waals surface area contributed by atoms with Gasteiger partial charge in [-0.3, -0.25) is 0 Å². The van der Waals surface area contributed by atoms with Gasteiger partial charge in [0.2, 0.25) is 10.0 Å². The average molecular weight is 434 g/mol. The molecule has 0 aliphatic heterocycles. The topological polar surface area (TPSA) is 72.2 Å². The molecule has 0 radical (unpaired) electrons. The Balaban J connectivity index is 2.15. The molecule has 0 fully saturated rings. The second-order valence-corrected chi connectivity index (χ2v) is 7.89. The Morgan fingerprint density at radius 1 is 1.10 bits per heavy atom. The zero-order valence-electron chi connectivity index (χ0n) is 11.2. The van der Waals surface area contributed by atoms with Crippen LogP contribution in [0.5, 0.6) is 0 Å². The third kappa shape index (κ3) is 4.29. The van der Waals surface area contributed by atoms with E-state index in [4.69, 9.17) is 5.14 Å². The summed E-state index contributed by atoms with van der Waals surface area (Å²) in [5.74, 6) is 0. The van der Waals surface area contributed by atoms with E-state index in [0.29, 0.717) is 11.0 Å². The van der Waals surface area contributed by atoms with Gasteiger partial charge in [0.25, 0.3) is 0 Å². The highest BCUT2D eigenvalue weighted by atomic mass is 79.9. The summed E-state index contributed by atoms with van der Waals surface area (Å²) in [7, 11) is -3.68. The molecule has 0 aliphatic carbocycles. The van der Waals surface area contributed by atoms with Crippen LogP contribution in [0.2, 0.25) is 0 Å². The van der Waals surface area contributed by atoms with E-state index in [1.807, 2.05) is 19.1 Å². The lowest BCUT2D eigenvalue weighted by atomic mass is 10.1. The summed E-state index contributed by atoms with van der Waals surface area (Å²) in [5.41, 5.74) is 3.10. The SMILES string of the molecule is Cc1ccc(CNc2ccc(S(N)(=O)=O)cc2Br)cc1Br. The molecule has 0 spiro atoms. The Labute approximate surface area is 141 Å². The van der Waals surface area contributed by atoms with E-state index in [0.717, 1.165) is 15.7 Å². The average Bonchev–Trinajstić information content (AvgIpc) is 2.40. The van der Waals surface area contributed by atoms with Crippen LogP contribution < -0.4 is 10.5 Å². The number of sulfonamides is 1. The number of anilines is 1. The van der Waals surface area contributed by atoms with Crippen LogP contribution in [0.25, 0.3) is 0 Å². The molecule has 2 aromatic carbocycles. The molecular weight excluding hydrogens is 420 g/mol. The van der Waals surface area contributed by atoms with E-state index in [2.05, 4.69) is 43.2 Å². The van der Waals surface area contributed by atoms with E-state index >= 15 is 0 Å². The summed E-state index contributed by atoms with van der Waals surface area (Å²) in [6.07, 6.45) is 0. The van der Waals surface area contributed by atoms with Crippen molar-refractivity contribution < 1.29 is 8.42 Å². The van der Waals surface area contributed by atoms with Crippen molar-refractivity contribution in [1.29, 1.82) is 0 Å². The molecular formula is C14H14Br2N2O2S. The van der Waals surface area contributed by atoms with Crippen molar-refractivity contribution in [3.05, 3.63) is 56.5 Å². The number of halogens is 2. The van der Waals surface area contributed by atoms with E-state index < -0.39 is 10.0 Å². The quantitative estimate of drug-likeness (QED) is 0.770. The normalized spacial score (nSPS) is 11.4. The van der Waals surface area contributed by atoms with Gasteiger partial charge in [0.15, 0.2) is 0 Å². The van der Waals surface area contributed by atoms with Crippen molar-refractivity contribution in [3.8, 4) is 0 Å². The Kier molecular flexibility index (Phi) is 5.08. The van der Waals surface area contributed by atoms with Crippen LogP contribution in [-0.2, 0) is 16.6 Å². The fraction of sp³-hybridized carbons (Fsp3) is 0.143. The Morgan fingerprint density at radius 2 is 1.81 bits per heavy atom. The second kappa shape index (κ2) is 6.48. The van der Waals surface area contributed by atoms with Crippen molar-refractivity contribution >= 4 is 47.6 Å². The van der Waals surface area contributed by atoms with Crippen LogP contribution in [0.4, 0.5) is 5.69 Å². The van der Waals surface area contributed by atoms with E-state index in [9.17, 15) is 8.42 Å². The standard InChI is InChI=1S/C14H14Br2N2O2S/c1-9-2-3-10(6-12(9)15)8-18-14-5-4-11(7-13(14)16)21(17,19)20/h2-7,18H,8H2,1H3,(H2,17,19,20). The van der Waals surface area contributed by atoms with Gasteiger partial charge in [-0.1, -0.05) is 28.1 Å². The van der Waals surface area contributed by atoms with Gasteiger partial charge in [0.1, 0.15) is 0 Å². The number of rotatable bonds is 4. The van der Waals surface area contributed by atoms with Gasteiger partial charge in [0.05, 0.1) is 4.90 Å². The summed E-state index contributed by atoms with van der Waals surface area (Å²) in [5, 5.41) is 8.35. The largest absolute Gasteiger partial charge is 0.380 e. The highest BCUT2D eigenvalue weighted by Gasteiger charge is 2.10. The molecule has 7 heteroatoms. The first-order valence-electron chi connectivity index (χ1n) is 6.08. The molecule has 3 N–H and O–H groups in total. The van der Waals surface area contributed by atoms with Crippen LogP contribution in [0.15, 0.2) is 50.2 Å². The molecule has 0 unspecified atom stereocenters. The summed E-state index contributed by atoms with van der Waals surface area (Å²) >= 11 is 6.85. The van der Waals surface area contributed by atoms with E-state index in [-0.39, 0.29) is 4.90 Å². The highest BCUT2D eigenvalue weighted by molar-refractivity contribution is 9.10. The molecule has 0 saturated carbocycles. The van der Waals surface area contributed by atoms with Crippen LogP contribution in [-0.4, -0.2) is 8.42 Å². The number of hydrogen-bond acceptors (Lipinski definition) is 3. The number of nitrogens with one attached hydrogen (secondary N) is 1. The Morgan fingerprint density at radius 3 is 2.38 bits per heavy atom. The number of benzene rings is 2. The fourth-order valence-electron chi connectivity index (χ4n) is 1.76. The predicted molar refractivity (Wildman–Crippen MR) is 91.7 cm³/mol. The third-order valence-corrected chi connectivity index (χ3v) is 5.41. The van der Waals surface area contributed by atoms with Crippen molar-refractivity contribution in [3.63, 3.8) is 0 Å². The van der Waals surface area contributed by atoms with Gasteiger partial charge >= 0.3 is 0 Å². The lowest BCUT2D eigenvalue weighted by molar-refractivity contribution is 0.598. The number of primary sulfonamides is 1. The van der Waals surface area contributed by atoms with E-state index in [1.54, 1.807) is 6.07 Å². The Hall–Kier alpha value is -0.890. The van der Waals surface area contributed by atoms with Crippen molar-refractivity contribution in [2.24, 2.45) is 5.14 Å². The van der Waals surface area contributed by atoms with Gasteiger partial charge < -0.3 is 5.32 Å². The molecule has 2 aromatic rings. The maximum absolute atomic E-state index is 11.3. The highest BCUT2D eigenvalue weighted by Crippen LogP contribution is 2.26. The van der Waals surface area contributed by atoms with Crippen molar-refractivity contribution in [2.75, 3.05) is 5.32 Å². The van der Waals surface area contributed by atoms with Gasteiger partial charge in [0, 0.05) is 21.2 Å². The fourth-order valence-corrected chi connectivity index (χ4v) is 3.40. The molecule has 0 amide bonds. The zero-order valence-corrected chi connectivity index (χ0v) is 15.2. The smallest absolute Gasteiger partial charge is 0.238 e. The molecule has 112 valence electrons. The molecule has 4 nitrogen and oxygen atoms in total. The van der Waals surface area contributed by atoms with Crippen LogP contribution >= 0.6 is 31.9 Å². The Bertz CT molecular complexity index is 777. The van der Waals surface area contributed by atoms with Crippen LogP contribution in [0.1, 0.15) is 11.1 Å². The molecule has 0 atom stereocenters. The summed E-state index contributed by atoms with van der Waals surface area (Å²) < 4.78 is 24.3. The number of aryl methyl sites for hydroxylation is 1. The van der Waals surface area contributed by atoms with Gasteiger partial charge in [-0.2, -0.15) is 0 Å². The predicted octanol–water partition coefficient (Wildman–Crippen LogP) is 3.78.